The molecule has 1 aromatic rings. The summed E-state index contributed by atoms with van der Waals surface area (Å²) in [5.41, 5.74) is 15.7. The van der Waals surface area contributed by atoms with E-state index < -0.39 is 0 Å². The van der Waals surface area contributed by atoms with Crippen molar-refractivity contribution in [3.8, 4) is 5.75 Å². The molecule has 1 aromatic carbocycles. The van der Waals surface area contributed by atoms with Gasteiger partial charge in [0.2, 0.25) is 0 Å². The summed E-state index contributed by atoms with van der Waals surface area (Å²) < 4.78 is 6.12. The van der Waals surface area contributed by atoms with E-state index in [-0.39, 0.29) is 5.41 Å². The second kappa shape index (κ2) is 8.70. The second-order valence-corrected chi connectivity index (χ2v) is 7.59. The first-order valence-corrected chi connectivity index (χ1v) is 8.96. The summed E-state index contributed by atoms with van der Waals surface area (Å²) >= 11 is 0. The van der Waals surface area contributed by atoms with Gasteiger partial charge in [0.15, 0.2) is 0 Å². The van der Waals surface area contributed by atoms with Gasteiger partial charge in [0.25, 0.3) is 0 Å². The van der Waals surface area contributed by atoms with Crippen LogP contribution in [0, 0.1) is 12.8 Å². The van der Waals surface area contributed by atoms with Crippen LogP contribution in [0.4, 0.5) is 0 Å². The number of hydrogen-bond donors (Lipinski definition) is 2. The zero-order valence-corrected chi connectivity index (χ0v) is 15.9. The molecule has 0 radical (unpaired) electrons. The maximum absolute atomic E-state index is 6.12. The van der Waals surface area contributed by atoms with Crippen molar-refractivity contribution in [2.45, 2.75) is 65.7 Å². The van der Waals surface area contributed by atoms with E-state index in [0.29, 0.717) is 31.5 Å². The van der Waals surface area contributed by atoms with Crippen molar-refractivity contribution in [2.24, 2.45) is 17.4 Å². The van der Waals surface area contributed by atoms with E-state index in [1.54, 1.807) is 0 Å². The van der Waals surface area contributed by atoms with Gasteiger partial charge >= 0.3 is 0 Å². The third-order valence-electron chi connectivity index (χ3n) is 4.58. The Morgan fingerprint density at radius 3 is 2.13 bits per heavy atom. The normalized spacial score (nSPS) is 13.4. The van der Waals surface area contributed by atoms with E-state index in [4.69, 9.17) is 16.2 Å². The van der Waals surface area contributed by atoms with E-state index in [0.717, 1.165) is 18.6 Å². The number of hydrogen-bond acceptors (Lipinski definition) is 3. The number of aryl methyl sites for hydroxylation is 1. The molecule has 0 aliphatic rings. The summed E-state index contributed by atoms with van der Waals surface area (Å²) in [6.07, 6.45) is 2.10. The zero-order valence-electron chi connectivity index (χ0n) is 15.9. The highest BCUT2D eigenvalue weighted by molar-refractivity contribution is 5.49. The van der Waals surface area contributed by atoms with Crippen molar-refractivity contribution in [1.29, 1.82) is 0 Å². The lowest BCUT2D eigenvalue weighted by atomic mass is 9.79. The van der Waals surface area contributed by atoms with E-state index in [1.807, 2.05) is 0 Å². The number of nitrogens with two attached hydrogens (primary N) is 2. The predicted octanol–water partition coefficient (Wildman–Crippen LogP) is 4.11. The average molecular weight is 321 g/mol. The highest BCUT2D eigenvalue weighted by atomic mass is 16.5. The van der Waals surface area contributed by atoms with E-state index in [1.165, 1.54) is 16.7 Å². The first-order chi connectivity index (χ1) is 10.8. The Morgan fingerprint density at radius 1 is 1.09 bits per heavy atom. The summed E-state index contributed by atoms with van der Waals surface area (Å²) in [6, 6.07) is 4.56. The molecule has 0 aliphatic carbocycles. The third-order valence-corrected chi connectivity index (χ3v) is 4.58. The summed E-state index contributed by atoms with van der Waals surface area (Å²) in [7, 11) is 0. The molecular formula is C20H36N2O. The number of benzene rings is 1. The van der Waals surface area contributed by atoms with Crippen molar-refractivity contribution in [3.63, 3.8) is 0 Å². The van der Waals surface area contributed by atoms with Crippen LogP contribution in [0.15, 0.2) is 12.1 Å². The van der Waals surface area contributed by atoms with Crippen LogP contribution >= 0.6 is 0 Å². The van der Waals surface area contributed by atoms with Gasteiger partial charge in [0.1, 0.15) is 5.75 Å². The molecule has 0 heterocycles. The smallest absolute Gasteiger partial charge is 0.126 e. The van der Waals surface area contributed by atoms with Crippen molar-refractivity contribution >= 4 is 0 Å². The van der Waals surface area contributed by atoms with Crippen molar-refractivity contribution in [3.05, 3.63) is 28.8 Å². The lowest BCUT2D eigenvalue weighted by Gasteiger charge is -2.29. The highest BCUT2D eigenvalue weighted by Crippen LogP contribution is 2.41. The highest BCUT2D eigenvalue weighted by Gasteiger charge is 2.26. The van der Waals surface area contributed by atoms with Crippen molar-refractivity contribution in [1.82, 2.24) is 0 Å². The van der Waals surface area contributed by atoms with Crippen LogP contribution in [0.3, 0.4) is 0 Å². The quantitative estimate of drug-likeness (QED) is 0.758. The topological polar surface area (TPSA) is 61.3 Å². The maximum atomic E-state index is 6.12. The fourth-order valence-corrected chi connectivity index (χ4v) is 3.17. The van der Waals surface area contributed by atoms with Crippen LogP contribution in [0.2, 0.25) is 0 Å². The van der Waals surface area contributed by atoms with Gasteiger partial charge in [-0.2, -0.15) is 0 Å². The molecular weight excluding hydrogens is 284 g/mol. The Balaban J connectivity index is 3.38. The summed E-state index contributed by atoms with van der Waals surface area (Å²) in [4.78, 5) is 0. The van der Waals surface area contributed by atoms with Gasteiger partial charge in [-0.05, 0) is 62.6 Å². The predicted molar refractivity (Wildman–Crippen MR) is 100 cm³/mol. The Bertz CT molecular complexity index is 487. The molecule has 0 aromatic heterocycles. The second-order valence-electron chi connectivity index (χ2n) is 7.59. The SMILES string of the molecule is CCOc1c(C(CC)CC(CN)CN)cc(C)cc1C(C)(C)C. The first kappa shape index (κ1) is 20.0. The van der Waals surface area contributed by atoms with Crippen LogP contribution in [0.1, 0.15) is 70.1 Å². The molecule has 0 fully saturated rings. The molecule has 0 saturated carbocycles. The Hall–Kier alpha value is -1.06. The lowest BCUT2D eigenvalue weighted by Crippen LogP contribution is -2.25. The molecule has 23 heavy (non-hydrogen) atoms. The molecule has 0 aliphatic heterocycles. The Kier molecular flexibility index (Phi) is 7.56. The zero-order chi connectivity index (χ0) is 17.6. The number of rotatable bonds is 8. The molecule has 0 bridgehead atoms. The molecule has 0 spiro atoms. The molecule has 3 heteroatoms. The van der Waals surface area contributed by atoms with Gasteiger partial charge in [-0.25, -0.2) is 0 Å². The first-order valence-electron chi connectivity index (χ1n) is 8.96. The van der Waals surface area contributed by atoms with Crippen molar-refractivity contribution in [2.75, 3.05) is 19.7 Å². The monoisotopic (exact) mass is 320 g/mol. The molecule has 132 valence electrons. The molecule has 0 amide bonds. The van der Waals surface area contributed by atoms with Crippen LogP contribution in [0.5, 0.6) is 5.75 Å². The van der Waals surface area contributed by atoms with Crippen LogP contribution in [-0.2, 0) is 5.41 Å². The molecule has 4 N–H and O–H groups in total. The van der Waals surface area contributed by atoms with E-state index >= 15 is 0 Å². The Labute approximate surface area is 142 Å². The standard InChI is InChI=1S/C20H36N2O/c1-7-16(11-15(12-21)13-22)17-9-14(3)10-18(20(4,5)6)19(17)23-8-2/h9-10,15-16H,7-8,11-13,21-22H2,1-6H3. The van der Waals surface area contributed by atoms with E-state index in [9.17, 15) is 0 Å². The minimum absolute atomic E-state index is 0.0602. The van der Waals surface area contributed by atoms with Crippen LogP contribution < -0.4 is 16.2 Å². The van der Waals surface area contributed by atoms with Gasteiger partial charge in [-0.3, -0.25) is 0 Å². The summed E-state index contributed by atoms with van der Waals surface area (Å²) in [5, 5.41) is 0. The maximum Gasteiger partial charge on any atom is 0.126 e. The number of ether oxygens (including phenoxy) is 1. The van der Waals surface area contributed by atoms with Gasteiger partial charge in [0.05, 0.1) is 6.61 Å². The fourth-order valence-electron chi connectivity index (χ4n) is 3.17. The van der Waals surface area contributed by atoms with Crippen LogP contribution in [-0.4, -0.2) is 19.7 Å². The van der Waals surface area contributed by atoms with Crippen LogP contribution in [0.25, 0.3) is 0 Å². The summed E-state index contributed by atoms with van der Waals surface area (Å²) in [6.45, 7) is 15.2. The molecule has 1 rings (SSSR count). The lowest BCUT2D eigenvalue weighted by molar-refractivity contribution is 0.319. The minimum atomic E-state index is 0.0602. The molecule has 0 saturated heterocycles. The van der Waals surface area contributed by atoms with Gasteiger partial charge in [-0.15, -0.1) is 0 Å². The fraction of sp³-hybridized carbons (Fsp3) is 0.700. The molecule has 3 nitrogen and oxygen atoms in total. The van der Waals surface area contributed by atoms with Gasteiger partial charge in [-0.1, -0.05) is 45.4 Å². The summed E-state index contributed by atoms with van der Waals surface area (Å²) in [5.74, 6) is 1.88. The Morgan fingerprint density at radius 2 is 1.70 bits per heavy atom. The molecule has 1 atom stereocenters. The minimum Gasteiger partial charge on any atom is -0.493 e. The third kappa shape index (κ3) is 5.22. The largest absolute Gasteiger partial charge is 0.493 e. The van der Waals surface area contributed by atoms with E-state index in [2.05, 4.69) is 53.7 Å². The average Bonchev–Trinajstić information content (AvgIpc) is 2.49. The van der Waals surface area contributed by atoms with Gasteiger partial charge in [0, 0.05) is 5.56 Å². The van der Waals surface area contributed by atoms with Crippen molar-refractivity contribution < 1.29 is 4.74 Å². The molecule has 1 unspecified atom stereocenters. The van der Waals surface area contributed by atoms with Gasteiger partial charge < -0.3 is 16.2 Å².